The van der Waals surface area contributed by atoms with Gasteiger partial charge >= 0.3 is 5.97 Å². The van der Waals surface area contributed by atoms with Crippen molar-refractivity contribution in [2.24, 2.45) is 7.05 Å². The number of carbonyl (C=O) groups is 2. The van der Waals surface area contributed by atoms with Gasteiger partial charge in [-0.2, -0.15) is 5.10 Å². The van der Waals surface area contributed by atoms with Crippen LogP contribution in [0.1, 0.15) is 15.9 Å². The van der Waals surface area contributed by atoms with Crippen molar-refractivity contribution in [2.75, 3.05) is 18.9 Å². The molecule has 2 rings (SSSR count). The lowest BCUT2D eigenvalue weighted by molar-refractivity contribution is -0.124. The van der Waals surface area contributed by atoms with Crippen molar-refractivity contribution in [3.8, 4) is 0 Å². The predicted octanol–water partition coefficient (Wildman–Crippen LogP) is 1.79. The van der Waals surface area contributed by atoms with Crippen LogP contribution in [0.15, 0.2) is 41.6 Å². The predicted molar refractivity (Wildman–Crippen MR) is 88.4 cm³/mol. The number of esters is 1. The molecule has 122 valence electrons. The number of rotatable bonds is 7. The summed E-state index contributed by atoms with van der Waals surface area (Å²) in [5.41, 5.74) is 1.55. The maximum absolute atomic E-state index is 11.6. The lowest BCUT2D eigenvalue weighted by Crippen LogP contribution is -2.30. The summed E-state index contributed by atoms with van der Waals surface area (Å²) in [6.07, 6.45) is 2.94. The number of thioether (sulfide) groups is 1. The van der Waals surface area contributed by atoms with Crippen molar-refractivity contribution in [1.82, 2.24) is 15.1 Å². The summed E-state index contributed by atoms with van der Waals surface area (Å²) in [6.45, 7) is 2.27. The summed E-state index contributed by atoms with van der Waals surface area (Å²) in [4.78, 5) is 24.4. The fourth-order valence-electron chi connectivity index (χ4n) is 1.79. The minimum atomic E-state index is -0.553. The Morgan fingerprint density at radius 3 is 2.70 bits per heavy atom. The number of aryl methyl sites for hydroxylation is 2. The third-order valence-electron chi connectivity index (χ3n) is 2.99. The van der Waals surface area contributed by atoms with Crippen molar-refractivity contribution < 1.29 is 14.3 Å². The van der Waals surface area contributed by atoms with Crippen LogP contribution in [0, 0.1) is 6.92 Å². The highest BCUT2D eigenvalue weighted by Crippen LogP contribution is 2.17. The topological polar surface area (TPSA) is 73.2 Å². The van der Waals surface area contributed by atoms with Crippen molar-refractivity contribution in [3.05, 3.63) is 47.8 Å². The summed E-state index contributed by atoms with van der Waals surface area (Å²) in [6, 6.07) is 8.21. The number of hydrogen-bond acceptors (Lipinski definition) is 5. The summed E-state index contributed by atoms with van der Waals surface area (Å²) in [5.74, 6) is -0.111. The highest BCUT2D eigenvalue weighted by molar-refractivity contribution is 7.99. The monoisotopic (exact) mass is 333 g/mol. The number of carbonyl (C=O) groups excluding carboxylic acids is 2. The molecule has 0 saturated heterocycles. The maximum atomic E-state index is 11.6. The van der Waals surface area contributed by atoms with Crippen molar-refractivity contribution >= 4 is 23.6 Å². The van der Waals surface area contributed by atoms with Crippen LogP contribution in [0.25, 0.3) is 0 Å². The second-order valence-corrected chi connectivity index (χ2v) is 6.16. The molecule has 0 unspecified atom stereocenters. The molecular weight excluding hydrogens is 314 g/mol. The van der Waals surface area contributed by atoms with Gasteiger partial charge in [0.1, 0.15) is 0 Å². The van der Waals surface area contributed by atoms with E-state index in [2.05, 4.69) is 34.7 Å². The molecule has 7 heteroatoms. The largest absolute Gasteiger partial charge is 0.452 e. The second kappa shape index (κ2) is 8.38. The van der Waals surface area contributed by atoms with Crippen molar-refractivity contribution in [1.29, 1.82) is 0 Å². The number of benzene rings is 1. The molecule has 0 aliphatic rings. The lowest BCUT2D eigenvalue weighted by atomic mass is 10.2. The van der Waals surface area contributed by atoms with Gasteiger partial charge in [-0.15, -0.1) is 11.8 Å². The minimum Gasteiger partial charge on any atom is -0.452 e. The first-order chi connectivity index (χ1) is 11.0. The quantitative estimate of drug-likeness (QED) is 0.475. The summed E-state index contributed by atoms with van der Waals surface area (Å²) in [5, 5.41) is 6.59. The van der Waals surface area contributed by atoms with E-state index in [0.717, 1.165) is 10.6 Å². The SMILES string of the molecule is Cc1ccc(SCCNC(=O)COC(=O)c2cnn(C)c2)cc1. The molecule has 1 aromatic heterocycles. The van der Waals surface area contributed by atoms with E-state index in [1.54, 1.807) is 25.0 Å². The van der Waals surface area contributed by atoms with Gasteiger partial charge in [0.15, 0.2) is 6.61 Å². The normalized spacial score (nSPS) is 10.3. The zero-order valence-corrected chi connectivity index (χ0v) is 13.9. The number of ether oxygens (including phenoxy) is 1. The van der Waals surface area contributed by atoms with Gasteiger partial charge in [-0.1, -0.05) is 17.7 Å². The van der Waals surface area contributed by atoms with Gasteiger partial charge in [-0.3, -0.25) is 9.48 Å². The highest BCUT2D eigenvalue weighted by atomic mass is 32.2. The van der Waals surface area contributed by atoms with Crippen LogP contribution < -0.4 is 5.32 Å². The lowest BCUT2D eigenvalue weighted by Gasteiger charge is -2.06. The Balaban J connectivity index is 1.61. The molecule has 1 aromatic carbocycles. The zero-order valence-electron chi connectivity index (χ0n) is 13.1. The Labute approximate surface area is 139 Å². The Kier molecular flexibility index (Phi) is 6.22. The van der Waals surface area contributed by atoms with Crippen LogP contribution in [0.4, 0.5) is 0 Å². The molecule has 0 radical (unpaired) electrons. The summed E-state index contributed by atoms with van der Waals surface area (Å²) in [7, 11) is 1.70. The Morgan fingerprint density at radius 1 is 1.30 bits per heavy atom. The van der Waals surface area contributed by atoms with Crippen LogP contribution >= 0.6 is 11.8 Å². The van der Waals surface area contributed by atoms with E-state index in [9.17, 15) is 9.59 Å². The van der Waals surface area contributed by atoms with Crippen LogP contribution in [-0.2, 0) is 16.6 Å². The Morgan fingerprint density at radius 2 is 2.04 bits per heavy atom. The number of aromatic nitrogens is 2. The smallest absolute Gasteiger partial charge is 0.341 e. The first-order valence-corrected chi connectivity index (χ1v) is 8.15. The molecular formula is C16H19N3O3S. The molecule has 6 nitrogen and oxygen atoms in total. The minimum absolute atomic E-state index is 0.289. The third-order valence-corrected chi connectivity index (χ3v) is 4.00. The molecule has 2 aromatic rings. The Bertz CT molecular complexity index is 667. The zero-order chi connectivity index (χ0) is 16.7. The number of amides is 1. The van der Waals surface area contributed by atoms with Gasteiger partial charge in [0.05, 0.1) is 11.8 Å². The van der Waals surface area contributed by atoms with Crippen molar-refractivity contribution in [3.63, 3.8) is 0 Å². The maximum Gasteiger partial charge on any atom is 0.341 e. The van der Waals surface area contributed by atoms with Crippen LogP contribution in [0.5, 0.6) is 0 Å². The summed E-state index contributed by atoms with van der Waals surface area (Å²) >= 11 is 1.66. The van der Waals surface area contributed by atoms with E-state index in [0.29, 0.717) is 12.1 Å². The number of nitrogens with zero attached hydrogens (tertiary/aromatic N) is 2. The van der Waals surface area contributed by atoms with Gasteiger partial charge < -0.3 is 10.1 Å². The van der Waals surface area contributed by atoms with E-state index in [-0.39, 0.29) is 12.5 Å². The first kappa shape index (κ1) is 17.1. The van der Waals surface area contributed by atoms with Crippen LogP contribution in [-0.4, -0.2) is 40.6 Å². The van der Waals surface area contributed by atoms with E-state index < -0.39 is 5.97 Å². The average molecular weight is 333 g/mol. The molecule has 0 saturated carbocycles. The van der Waals surface area contributed by atoms with E-state index in [1.807, 2.05) is 6.92 Å². The molecule has 1 heterocycles. The Hall–Kier alpha value is -2.28. The molecule has 1 N–H and O–H groups in total. The van der Waals surface area contributed by atoms with Gasteiger partial charge in [-0.25, -0.2) is 4.79 Å². The van der Waals surface area contributed by atoms with Crippen LogP contribution in [0.3, 0.4) is 0 Å². The standard InChI is InChI=1S/C16H19N3O3S/c1-12-3-5-14(6-4-12)23-8-7-17-15(20)11-22-16(21)13-9-18-19(2)10-13/h3-6,9-10H,7-8,11H2,1-2H3,(H,17,20). The fraction of sp³-hybridized carbons (Fsp3) is 0.312. The molecule has 0 bridgehead atoms. The van der Waals surface area contributed by atoms with Gasteiger partial charge in [0.2, 0.25) is 0 Å². The van der Waals surface area contributed by atoms with E-state index in [4.69, 9.17) is 4.74 Å². The molecule has 0 aliphatic heterocycles. The first-order valence-electron chi connectivity index (χ1n) is 7.16. The molecule has 0 aliphatic carbocycles. The molecule has 23 heavy (non-hydrogen) atoms. The van der Waals surface area contributed by atoms with E-state index >= 15 is 0 Å². The fourth-order valence-corrected chi connectivity index (χ4v) is 2.55. The summed E-state index contributed by atoms with van der Waals surface area (Å²) < 4.78 is 6.42. The van der Waals surface area contributed by atoms with Gasteiger partial charge in [0.25, 0.3) is 5.91 Å². The molecule has 1 amide bonds. The van der Waals surface area contributed by atoms with Gasteiger partial charge in [0, 0.05) is 30.4 Å². The average Bonchev–Trinajstić information content (AvgIpc) is 2.97. The highest BCUT2D eigenvalue weighted by Gasteiger charge is 2.11. The third kappa shape index (κ3) is 5.78. The number of nitrogens with one attached hydrogen (secondary N) is 1. The van der Waals surface area contributed by atoms with Crippen LogP contribution in [0.2, 0.25) is 0 Å². The molecule has 0 fully saturated rings. The number of hydrogen-bond donors (Lipinski definition) is 1. The molecule has 0 atom stereocenters. The molecule has 0 spiro atoms. The van der Waals surface area contributed by atoms with Gasteiger partial charge in [-0.05, 0) is 19.1 Å². The van der Waals surface area contributed by atoms with E-state index in [1.165, 1.54) is 16.4 Å². The second-order valence-electron chi connectivity index (χ2n) is 4.99. The van der Waals surface area contributed by atoms with Crippen molar-refractivity contribution in [2.45, 2.75) is 11.8 Å².